The number of thiazole rings is 1. The number of aliphatic hydroxyl groups excluding tert-OH is 2. The van der Waals surface area contributed by atoms with Gasteiger partial charge < -0.3 is 15.5 Å². The minimum absolute atomic E-state index is 0.205. The molecule has 1 aromatic heterocycles. The van der Waals surface area contributed by atoms with Gasteiger partial charge in [0.05, 0.1) is 23.1 Å². The van der Waals surface area contributed by atoms with Crippen LogP contribution in [0.1, 0.15) is 55.4 Å². The summed E-state index contributed by atoms with van der Waals surface area (Å²) >= 11 is 1.19. The average Bonchev–Trinajstić information content (AvgIpc) is 3.37. The van der Waals surface area contributed by atoms with Gasteiger partial charge in [0.15, 0.2) is 15.0 Å². The number of carbonyl (C=O) groups is 1. The highest BCUT2D eigenvalue weighted by atomic mass is 32.2. The quantitative estimate of drug-likeness (QED) is 0.583. The van der Waals surface area contributed by atoms with Gasteiger partial charge >= 0.3 is 0 Å². The first-order valence-corrected chi connectivity index (χ1v) is 12.4. The molecule has 2 atom stereocenters. The molecule has 1 heterocycles. The number of benzene rings is 1. The predicted octanol–water partition coefficient (Wildman–Crippen LogP) is 2.87. The lowest BCUT2D eigenvalue weighted by molar-refractivity contribution is -0.118. The Hall–Kier alpha value is -1.81. The minimum Gasteiger partial charge on any atom is -0.393 e. The molecule has 1 unspecified atom stereocenters. The lowest BCUT2D eigenvalue weighted by Crippen LogP contribution is -2.23. The van der Waals surface area contributed by atoms with Crippen molar-refractivity contribution in [3.05, 3.63) is 40.9 Å². The van der Waals surface area contributed by atoms with Crippen LogP contribution in [0, 0.1) is 5.92 Å². The first-order valence-electron chi connectivity index (χ1n) is 9.63. The van der Waals surface area contributed by atoms with E-state index in [-0.39, 0.29) is 10.8 Å². The van der Waals surface area contributed by atoms with E-state index in [4.69, 9.17) is 5.11 Å². The van der Waals surface area contributed by atoms with Crippen molar-refractivity contribution in [3.63, 3.8) is 0 Å². The fourth-order valence-corrected chi connectivity index (χ4v) is 5.09. The SMILES string of the molecule is CS(=O)(=O)c1ccc([C@@H](CC2CCCC2)C(=O)Nc2nc(C(O)CO)cs2)cc1. The fourth-order valence-electron chi connectivity index (χ4n) is 3.70. The van der Waals surface area contributed by atoms with Gasteiger partial charge in [0, 0.05) is 11.6 Å². The van der Waals surface area contributed by atoms with Crippen LogP contribution in [0.25, 0.3) is 0 Å². The molecule has 9 heteroatoms. The molecule has 1 amide bonds. The number of amides is 1. The Bertz CT molecular complexity index is 934. The average molecular weight is 439 g/mol. The van der Waals surface area contributed by atoms with E-state index in [1.165, 1.54) is 24.2 Å². The van der Waals surface area contributed by atoms with Crippen molar-refractivity contribution in [1.82, 2.24) is 4.98 Å². The molecule has 1 saturated carbocycles. The molecule has 0 radical (unpaired) electrons. The third kappa shape index (κ3) is 5.63. The normalized spacial score (nSPS) is 17.2. The summed E-state index contributed by atoms with van der Waals surface area (Å²) < 4.78 is 23.5. The third-order valence-corrected chi connectivity index (χ3v) is 7.24. The largest absolute Gasteiger partial charge is 0.393 e. The maximum Gasteiger partial charge on any atom is 0.233 e. The molecule has 0 aliphatic heterocycles. The van der Waals surface area contributed by atoms with Crippen molar-refractivity contribution in [2.45, 2.75) is 49.0 Å². The Morgan fingerprint density at radius 3 is 2.52 bits per heavy atom. The highest BCUT2D eigenvalue weighted by Gasteiger charge is 2.27. The molecular formula is C20H26N2O5S2. The summed E-state index contributed by atoms with van der Waals surface area (Å²) in [6, 6.07) is 6.49. The number of anilines is 1. The molecule has 7 nitrogen and oxygen atoms in total. The van der Waals surface area contributed by atoms with Crippen molar-refractivity contribution < 1.29 is 23.4 Å². The highest BCUT2D eigenvalue weighted by Crippen LogP contribution is 2.35. The summed E-state index contributed by atoms with van der Waals surface area (Å²) in [6.07, 6.45) is 5.30. The second-order valence-electron chi connectivity index (χ2n) is 7.55. The standard InChI is InChI=1S/C20H26N2O5S2/c1-29(26,27)15-8-6-14(7-9-15)16(10-13-4-2-3-5-13)19(25)22-20-21-17(12-28-20)18(24)11-23/h6-9,12-13,16,18,23-24H,2-5,10-11H2,1H3,(H,21,22,25)/t16-,18?/m1/s1. The summed E-state index contributed by atoms with van der Waals surface area (Å²) in [5.74, 6) is -0.159. The van der Waals surface area contributed by atoms with Crippen LogP contribution in [0.4, 0.5) is 5.13 Å². The van der Waals surface area contributed by atoms with Crippen LogP contribution in [0.3, 0.4) is 0 Å². The third-order valence-electron chi connectivity index (χ3n) is 5.34. The van der Waals surface area contributed by atoms with Gasteiger partial charge in [0.2, 0.25) is 5.91 Å². The van der Waals surface area contributed by atoms with Crippen molar-refractivity contribution in [2.75, 3.05) is 18.2 Å². The van der Waals surface area contributed by atoms with Gasteiger partial charge in [0.25, 0.3) is 0 Å². The number of hydrogen-bond donors (Lipinski definition) is 3. The number of sulfone groups is 1. The van der Waals surface area contributed by atoms with Crippen LogP contribution < -0.4 is 5.32 Å². The molecular weight excluding hydrogens is 412 g/mol. The summed E-state index contributed by atoms with van der Waals surface area (Å²) in [6.45, 7) is -0.436. The highest BCUT2D eigenvalue weighted by molar-refractivity contribution is 7.90. The van der Waals surface area contributed by atoms with Crippen LogP contribution in [-0.4, -0.2) is 42.4 Å². The Balaban J connectivity index is 1.80. The fraction of sp³-hybridized carbons (Fsp3) is 0.500. The maximum atomic E-state index is 13.1. The molecule has 0 bridgehead atoms. The van der Waals surface area contributed by atoms with Crippen LogP contribution in [-0.2, 0) is 14.6 Å². The van der Waals surface area contributed by atoms with Gasteiger partial charge in [-0.1, -0.05) is 37.8 Å². The first kappa shape index (κ1) is 21.9. The molecule has 158 valence electrons. The number of hydrogen-bond acceptors (Lipinski definition) is 7. The second-order valence-corrected chi connectivity index (χ2v) is 10.4. The Labute approximate surface area is 174 Å². The molecule has 2 aromatic rings. The van der Waals surface area contributed by atoms with Crippen molar-refractivity contribution in [3.8, 4) is 0 Å². The molecule has 1 fully saturated rings. The number of nitrogens with zero attached hydrogens (tertiary/aromatic N) is 1. The van der Waals surface area contributed by atoms with E-state index in [9.17, 15) is 18.3 Å². The topological polar surface area (TPSA) is 117 Å². The molecule has 1 aliphatic carbocycles. The summed E-state index contributed by atoms with van der Waals surface area (Å²) in [5, 5.41) is 23.5. The predicted molar refractivity (Wildman–Crippen MR) is 112 cm³/mol. The van der Waals surface area contributed by atoms with Crippen molar-refractivity contribution in [2.24, 2.45) is 5.92 Å². The number of aromatic nitrogens is 1. The summed E-state index contributed by atoms with van der Waals surface area (Å²) in [7, 11) is -3.30. The number of rotatable bonds is 8. The molecule has 1 aromatic carbocycles. The van der Waals surface area contributed by atoms with E-state index in [0.717, 1.165) is 24.7 Å². The van der Waals surface area contributed by atoms with Crippen LogP contribution in [0.15, 0.2) is 34.5 Å². The Morgan fingerprint density at radius 1 is 1.28 bits per heavy atom. The Morgan fingerprint density at radius 2 is 1.93 bits per heavy atom. The molecule has 3 N–H and O–H groups in total. The van der Waals surface area contributed by atoms with Gasteiger partial charge in [-0.3, -0.25) is 4.79 Å². The molecule has 29 heavy (non-hydrogen) atoms. The van der Waals surface area contributed by atoms with Crippen LogP contribution in [0.2, 0.25) is 0 Å². The van der Waals surface area contributed by atoms with Gasteiger partial charge in [-0.15, -0.1) is 11.3 Å². The summed E-state index contributed by atoms with van der Waals surface area (Å²) in [5.41, 5.74) is 1.09. The monoisotopic (exact) mass is 438 g/mol. The molecule has 3 rings (SSSR count). The van der Waals surface area contributed by atoms with Crippen LogP contribution in [0.5, 0.6) is 0 Å². The van der Waals surface area contributed by atoms with Gasteiger partial charge in [-0.2, -0.15) is 0 Å². The molecule has 1 aliphatic rings. The van der Waals surface area contributed by atoms with Crippen molar-refractivity contribution in [1.29, 1.82) is 0 Å². The smallest absolute Gasteiger partial charge is 0.233 e. The first-order chi connectivity index (χ1) is 13.8. The van der Waals surface area contributed by atoms with E-state index in [0.29, 0.717) is 23.2 Å². The van der Waals surface area contributed by atoms with Crippen molar-refractivity contribution >= 4 is 32.2 Å². The minimum atomic E-state index is -3.30. The number of carbonyl (C=O) groups excluding carboxylic acids is 1. The molecule has 0 saturated heterocycles. The zero-order chi connectivity index (χ0) is 21.0. The Kier molecular flexibility index (Phi) is 7.05. The van der Waals surface area contributed by atoms with Gasteiger partial charge in [0.1, 0.15) is 6.10 Å². The van der Waals surface area contributed by atoms with Gasteiger partial charge in [-0.25, -0.2) is 13.4 Å². The van der Waals surface area contributed by atoms with E-state index < -0.39 is 28.5 Å². The van der Waals surface area contributed by atoms with E-state index in [1.807, 2.05) is 0 Å². The molecule has 0 spiro atoms. The lowest BCUT2D eigenvalue weighted by Gasteiger charge is -2.20. The summed E-state index contributed by atoms with van der Waals surface area (Å²) in [4.78, 5) is 17.5. The number of nitrogens with one attached hydrogen (secondary N) is 1. The van der Waals surface area contributed by atoms with E-state index in [1.54, 1.807) is 29.6 Å². The van der Waals surface area contributed by atoms with E-state index >= 15 is 0 Å². The zero-order valence-electron chi connectivity index (χ0n) is 16.2. The van der Waals surface area contributed by atoms with E-state index in [2.05, 4.69) is 10.3 Å². The van der Waals surface area contributed by atoms with Gasteiger partial charge in [-0.05, 0) is 30.0 Å². The maximum absolute atomic E-state index is 13.1. The lowest BCUT2D eigenvalue weighted by atomic mass is 9.87. The zero-order valence-corrected chi connectivity index (χ0v) is 17.9. The van der Waals surface area contributed by atoms with Crippen LogP contribution >= 0.6 is 11.3 Å². The second kappa shape index (κ2) is 9.34. The number of aliphatic hydroxyl groups is 2.